The Hall–Kier alpha value is -3.60. The average Bonchev–Trinajstić information content (AvgIpc) is 2.99. The number of aromatic nitrogens is 3. The molecule has 0 aliphatic carbocycles. The summed E-state index contributed by atoms with van der Waals surface area (Å²) in [6.45, 7) is 7.20. The highest BCUT2D eigenvalue weighted by atomic mass is 16.5. The van der Waals surface area contributed by atoms with Crippen molar-refractivity contribution in [3.63, 3.8) is 0 Å². The van der Waals surface area contributed by atoms with Crippen LogP contribution in [0.3, 0.4) is 0 Å². The largest absolute Gasteiger partial charge is 0.479 e. The molecule has 33 heavy (non-hydrogen) atoms. The van der Waals surface area contributed by atoms with Gasteiger partial charge in [0.05, 0.1) is 24.1 Å². The van der Waals surface area contributed by atoms with E-state index in [2.05, 4.69) is 23.0 Å². The summed E-state index contributed by atoms with van der Waals surface area (Å²) in [5, 5.41) is 14.3. The number of nitriles is 1. The molecule has 1 aliphatic rings. The number of pyridine rings is 1. The lowest BCUT2D eigenvalue weighted by Crippen LogP contribution is -2.35. The molecule has 0 unspecified atom stereocenters. The van der Waals surface area contributed by atoms with Crippen molar-refractivity contribution in [2.45, 2.75) is 33.1 Å². The maximum absolute atomic E-state index is 13.1. The van der Waals surface area contributed by atoms with Crippen molar-refractivity contribution < 1.29 is 9.53 Å². The van der Waals surface area contributed by atoms with Gasteiger partial charge in [0.1, 0.15) is 0 Å². The lowest BCUT2D eigenvalue weighted by Gasteiger charge is -2.24. The molecule has 0 spiro atoms. The standard InChI is InChI=1S/C25H30N6O2/c1-17-21(18(2)27-24-23(17)25(33-4)28-29(24)3)10-11-22(32)31-13-5-12-30(14-15-31)20-8-6-19(16-26)7-9-20/h6-9H,5,10-15H2,1-4H3. The number of amides is 1. The Morgan fingerprint density at radius 3 is 2.61 bits per heavy atom. The first-order valence-corrected chi connectivity index (χ1v) is 11.3. The summed E-state index contributed by atoms with van der Waals surface area (Å²) in [6.07, 6.45) is 2.02. The number of hydrogen-bond donors (Lipinski definition) is 0. The monoisotopic (exact) mass is 446 g/mol. The molecule has 1 aliphatic heterocycles. The molecular formula is C25H30N6O2. The molecule has 0 bridgehead atoms. The molecule has 8 nitrogen and oxygen atoms in total. The van der Waals surface area contributed by atoms with Crippen LogP contribution in [0, 0.1) is 25.2 Å². The van der Waals surface area contributed by atoms with Crippen molar-refractivity contribution in [1.29, 1.82) is 5.26 Å². The second-order valence-electron chi connectivity index (χ2n) is 8.51. The molecule has 8 heteroatoms. The number of fused-ring (bicyclic) bond motifs is 1. The Morgan fingerprint density at radius 1 is 1.15 bits per heavy atom. The van der Waals surface area contributed by atoms with Gasteiger partial charge in [-0.3, -0.25) is 4.79 Å². The summed E-state index contributed by atoms with van der Waals surface area (Å²) >= 11 is 0. The molecule has 2 aromatic heterocycles. The number of nitrogens with zero attached hydrogens (tertiary/aromatic N) is 6. The van der Waals surface area contributed by atoms with E-state index in [-0.39, 0.29) is 5.91 Å². The number of anilines is 1. The number of aryl methyl sites for hydroxylation is 3. The van der Waals surface area contributed by atoms with Gasteiger partial charge in [0, 0.05) is 51.0 Å². The fourth-order valence-corrected chi connectivity index (χ4v) is 4.67. The second kappa shape index (κ2) is 9.49. The molecule has 3 aromatic rings. The summed E-state index contributed by atoms with van der Waals surface area (Å²) in [5.41, 5.74) is 5.66. The summed E-state index contributed by atoms with van der Waals surface area (Å²) in [7, 11) is 3.48. The summed E-state index contributed by atoms with van der Waals surface area (Å²) in [5.74, 6) is 0.745. The van der Waals surface area contributed by atoms with E-state index in [0.717, 1.165) is 59.6 Å². The molecule has 0 atom stereocenters. The van der Waals surface area contributed by atoms with Gasteiger partial charge in [0.15, 0.2) is 5.65 Å². The molecule has 3 heterocycles. The Balaban J connectivity index is 1.43. The van der Waals surface area contributed by atoms with Gasteiger partial charge in [-0.1, -0.05) is 0 Å². The number of carbonyl (C=O) groups excluding carboxylic acids is 1. The van der Waals surface area contributed by atoms with Crippen molar-refractivity contribution in [2.75, 3.05) is 38.2 Å². The van der Waals surface area contributed by atoms with Crippen LogP contribution < -0.4 is 9.64 Å². The molecule has 1 amide bonds. The topological polar surface area (TPSA) is 87.3 Å². The molecule has 4 rings (SSSR count). The predicted molar refractivity (Wildman–Crippen MR) is 127 cm³/mol. The Labute approximate surface area is 194 Å². The van der Waals surface area contributed by atoms with Crippen LogP contribution in [0.2, 0.25) is 0 Å². The zero-order valence-corrected chi connectivity index (χ0v) is 19.8. The number of ether oxygens (including phenoxy) is 1. The van der Waals surface area contributed by atoms with Crippen molar-refractivity contribution in [2.24, 2.45) is 7.05 Å². The predicted octanol–water partition coefficient (Wildman–Crippen LogP) is 3.14. The molecule has 1 fully saturated rings. The average molecular weight is 447 g/mol. The van der Waals surface area contributed by atoms with Crippen LogP contribution in [0.4, 0.5) is 5.69 Å². The Bertz CT molecular complexity index is 1210. The SMILES string of the molecule is COc1nn(C)c2nc(C)c(CCC(=O)N3CCCN(c4ccc(C#N)cc4)CC3)c(C)c12. The number of rotatable bonds is 5. The number of benzene rings is 1. The van der Waals surface area contributed by atoms with Gasteiger partial charge >= 0.3 is 0 Å². The number of carbonyl (C=O) groups is 1. The van der Waals surface area contributed by atoms with E-state index in [1.807, 2.05) is 43.1 Å². The molecular weight excluding hydrogens is 416 g/mol. The third-order valence-corrected chi connectivity index (χ3v) is 6.52. The highest BCUT2D eigenvalue weighted by Gasteiger charge is 2.22. The van der Waals surface area contributed by atoms with E-state index in [0.29, 0.717) is 30.8 Å². The maximum Gasteiger partial charge on any atom is 0.242 e. The maximum atomic E-state index is 13.1. The van der Waals surface area contributed by atoms with Gasteiger partial charge in [-0.05, 0) is 62.1 Å². The van der Waals surface area contributed by atoms with Crippen LogP contribution in [0.5, 0.6) is 5.88 Å². The highest BCUT2D eigenvalue weighted by molar-refractivity contribution is 5.86. The lowest BCUT2D eigenvalue weighted by atomic mass is 10.00. The molecule has 172 valence electrons. The van der Waals surface area contributed by atoms with Crippen LogP contribution in [-0.2, 0) is 18.3 Å². The fourth-order valence-electron chi connectivity index (χ4n) is 4.67. The van der Waals surface area contributed by atoms with Crippen LogP contribution in [0.15, 0.2) is 24.3 Å². The zero-order valence-electron chi connectivity index (χ0n) is 19.8. The van der Waals surface area contributed by atoms with E-state index in [9.17, 15) is 4.79 Å². The minimum Gasteiger partial charge on any atom is -0.479 e. The van der Waals surface area contributed by atoms with Gasteiger partial charge < -0.3 is 14.5 Å². The summed E-state index contributed by atoms with van der Waals surface area (Å²) in [6, 6.07) is 9.81. The number of methoxy groups -OCH3 is 1. The van der Waals surface area contributed by atoms with Crippen LogP contribution in [0.1, 0.15) is 35.2 Å². The van der Waals surface area contributed by atoms with Crippen molar-refractivity contribution in [3.8, 4) is 11.9 Å². The van der Waals surface area contributed by atoms with Gasteiger partial charge in [-0.2, -0.15) is 5.26 Å². The van der Waals surface area contributed by atoms with E-state index in [4.69, 9.17) is 15.0 Å². The second-order valence-corrected chi connectivity index (χ2v) is 8.51. The first kappa shape index (κ1) is 22.6. The smallest absolute Gasteiger partial charge is 0.242 e. The molecule has 0 N–H and O–H groups in total. The van der Waals surface area contributed by atoms with Crippen molar-refractivity contribution >= 4 is 22.6 Å². The summed E-state index contributed by atoms with van der Waals surface area (Å²) in [4.78, 5) is 22.1. The number of hydrogen-bond acceptors (Lipinski definition) is 6. The Morgan fingerprint density at radius 2 is 1.91 bits per heavy atom. The van der Waals surface area contributed by atoms with Crippen LogP contribution in [-0.4, -0.2) is 58.9 Å². The minimum atomic E-state index is 0.175. The first-order valence-electron chi connectivity index (χ1n) is 11.3. The van der Waals surface area contributed by atoms with Crippen molar-refractivity contribution in [1.82, 2.24) is 19.7 Å². The molecule has 0 radical (unpaired) electrons. The van der Waals surface area contributed by atoms with Crippen LogP contribution in [0.25, 0.3) is 11.0 Å². The zero-order chi connectivity index (χ0) is 23.5. The van der Waals surface area contributed by atoms with Gasteiger partial charge in [-0.25, -0.2) is 9.67 Å². The first-order chi connectivity index (χ1) is 15.9. The summed E-state index contributed by atoms with van der Waals surface area (Å²) < 4.78 is 7.19. The molecule has 1 aromatic carbocycles. The van der Waals surface area contributed by atoms with E-state index >= 15 is 0 Å². The van der Waals surface area contributed by atoms with E-state index < -0.39 is 0 Å². The Kier molecular flexibility index (Phi) is 6.50. The quantitative estimate of drug-likeness (QED) is 0.598. The van der Waals surface area contributed by atoms with Gasteiger partial charge in [-0.15, -0.1) is 5.10 Å². The third-order valence-electron chi connectivity index (χ3n) is 6.52. The van der Waals surface area contributed by atoms with Crippen molar-refractivity contribution in [3.05, 3.63) is 46.6 Å². The lowest BCUT2D eigenvalue weighted by molar-refractivity contribution is -0.130. The molecule has 1 saturated heterocycles. The van der Waals surface area contributed by atoms with E-state index in [1.54, 1.807) is 11.8 Å². The van der Waals surface area contributed by atoms with Crippen LogP contribution >= 0.6 is 0 Å². The van der Waals surface area contributed by atoms with E-state index in [1.165, 1.54) is 0 Å². The fraction of sp³-hybridized carbons (Fsp3) is 0.440. The third kappa shape index (κ3) is 4.49. The van der Waals surface area contributed by atoms with Gasteiger partial charge in [0.25, 0.3) is 0 Å². The minimum absolute atomic E-state index is 0.175. The highest BCUT2D eigenvalue weighted by Crippen LogP contribution is 2.30. The normalized spacial score (nSPS) is 14.3. The van der Waals surface area contributed by atoms with Gasteiger partial charge in [0.2, 0.25) is 11.8 Å². The molecule has 0 saturated carbocycles.